The molecule has 0 unspecified atom stereocenters. The maximum Gasteiger partial charge on any atom is 2.00 e. The van der Waals surface area contributed by atoms with Crippen LogP contribution in [0, 0.1) is 0 Å². The van der Waals surface area contributed by atoms with Crippen molar-refractivity contribution in [1.82, 2.24) is 0 Å². The zero-order chi connectivity index (χ0) is 4.00. The van der Waals surface area contributed by atoms with E-state index in [-0.39, 0.29) is 20.4 Å². The van der Waals surface area contributed by atoms with Gasteiger partial charge >= 0.3 is 20.4 Å². The Morgan fingerprint density at radius 3 is 0.800 bits per heavy atom. The summed E-state index contributed by atoms with van der Waals surface area (Å²) in [5, 5.41) is 0. The molecule has 0 aromatic heterocycles. The van der Waals surface area contributed by atoms with Crippen LogP contribution >= 0.6 is 32.5 Å². The summed E-state index contributed by atoms with van der Waals surface area (Å²) >= 11 is 3.38. The second-order valence-electron chi connectivity index (χ2n) is 0. The monoisotopic (exact) mass is 296 g/mol. The smallest absolute Gasteiger partial charge is 0.791 e. The first-order chi connectivity index (χ1) is 2.00. The SMILES string of the molecule is [O-]Br.[O-]Br.[Pd+2]. The molecule has 0 rings (SSSR count). The van der Waals surface area contributed by atoms with Crippen LogP contribution in [0.5, 0.6) is 0 Å². The van der Waals surface area contributed by atoms with Gasteiger partial charge in [0.1, 0.15) is 0 Å². The number of hydrogen-bond acceptors (Lipinski definition) is 2. The number of rotatable bonds is 0. The average molecular weight is 298 g/mol. The third-order valence-corrected chi connectivity index (χ3v) is 0. The molecule has 0 heterocycles. The van der Waals surface area contributed by atoms with Crippen LogP contribution in [-0.2, 0) is 20.4 Å². The Kier molecular flexibility index (Phi) is 154. The van der Waals surface area contributed by atoms with Gasteiger partial charge in [-0.25, -0.2) is 32.5 Å². The minimum absolute atomic E-state index is 0. The fourth-order valence-corrected chi connectivity index (χ4v) is 0. The zero-order valence-electron chi connectivity index (χ0n) is 1.89. The van der Waals surface area contributed by atoms with Gasteiger partial charge in [-0.05, 0) is 0 Å². The van der Waals surface area contributed by atoms with E-state index in [0.717, 1.165) is 0 Å². The summed E-state index contributed by atoms with van der Waals surface area (Å²) in [5.74, 6) is 0. The average Bonchev–Trinajstić information content (AvgIpc) is 1.50. The van der Waals surface area contributed by atoms with E-state index in [1.165, 1.54) is 0 Å². The summed E-state index contributed by atoms with van der Waals surface area (Å²) in [7, 11) is 0. The van der Waals surface area contributed by atoms with Gasteiger partial charge in [0.15, 0.2) is 0 Å². The van der Waals surface area contributed by atoms with Crippen LogP contribution < -0.4 is 8.40 Å². The quantitative estimate of drug-likeness (QED) is 0.556. The van der Waals surface area contributed by atoms with E-state index in [0.29, 0.717) is 0 Å². The van der Waals surface area contributed by atoms with E-state index in [2.05, 4.69) is 0 Å². The molecule has 0 spiro atoms. The van der Waals surface area contributed by atoms with Crippen molar-refractivity contribution in [1.29, 1.82) is 0 Å². The molecule has 36 valence electrons. The second-order valence-corrected chi connectivity index (χ2v) is 0. The largest absolute Gasteiger partial charge is 2.00 e. The Morgan fingerprint density at radius 2 is 0.800 bits per heavy atom. The molecule has 0 aliphatic heterocycles. The zero-order valence-corrected chi connectivity index (χ0v) is 6.62. The van der Waals surface area contributed by atoms with E-state index in [9.17, 15) is 0 Å². The Morgan fingerprint density at radius 1 is 0.800 bits per heavy atom. The molecule has 2 nitrogen and oxygen atoms in total. The summed E-state index contributed by atoms with van der Waals surface area (Å²) in [4.78, 5) is 0. The van der Waals surface area contributed by atoms with Gasteiger partial charge in [-0.3, -0.25) is 0 Å². The molecule has 5 heavy (non-hydrogen) atoms. The molecule has 0 aromatic rings. The summed E-state index contributed by atoms with van der Waals surface area (Å²) in [6, 6.07) is 0. The van der Waals surface area contributed by atoms with E-state index in [4.69, 9.17) is 8.40 Å². The molecular weight excluding hydrogens is 298 g/mol. The maximum absolute atomic E-state index is 8.06. The minimum Gasteiger partial charge on any atom is -0.791 e. The molecule has 0 saturated heterocycles. The van der Waals surface area contributed by atoms with Crippen molar-refractivity contribution in [2.75, 3.05) is 0 Å². The van der Waals surface area contributed by atoms with Crippen molar-refractivity contribution >= 4 is 32.5 Å². The summed E-state index contributed by atoms with van der Waals surface area (Å²) in [6.07, 6.45) is 0. The molecule has 0 N–H and O–H groups in total. The Hall–Kier alpha value is 1.54. The molecule has 5 heteroatoms. The van der Waals surface area contributed by atoms with Crippen LogP contribution in [0.1, 0.15) is 0 Å². The van der Waals surface area contributed by atoms with Crippen LogP contribution in [0.4, 0.5) is 0 Å². The van der Waals surface area contributed by atoms with Gasteiger partial charge in [0.05, 0.1) is 0 Å². The van der Waals surface area contributed by atoms with Crippen LogP contribution in [0.15, 0.2) is 0 Å². The van der Waals surface area contributed by atoms with Crippen molar-refractivity contribution in [2.45, 2.75) is 0 Å². The first-order valence-electron chi connectivity index (χ1n) is 0.309. The topological polar surface area (TPSA) is 46.1 Å². The Balaban J connectivity index is -0.0000000133. The molecule has 0 atom stereocenters. The summed E-state index contributed by atoms with van der Waals surface area (Å²) < 4.78 is 16.1. The first kappa shape index (κ1) is 16.0. The molecule has 0 aliphatic carbocycles. The second kappa shape index (κ2) is 48.1. The van der Waals surface area contributed by atoms with Crippen LogP contribution in [0.2, 0.25) is 0 Å². The van der Waals surface area contributed by atoms with Crippen molar-refractivity contribution in [3.05, 3.63) is 0 Å². The van der Waals surface area contributed by atoms with Crippen molar-refractivity contribution in [3.63, 3.8) is 0 Å². The van der Waals surface area contributed by atoms with Crippen molar-refractivity contribution < 1.29 is 28.8 Å². The predicted octanol–water partition coefficient (Wildman–Crippen LogP) is -0.689. The van der Waals surface area contributed by atoms with Gasteiger partial charge in [0, 0.05) is 0 Å². The molecule has 0 radical (unpaired) electrons. The van der Waals surface area contributed by atoms with Crippen molar-refractivity contribution in [2.24, 2.45) is 0 Å². The molecule has 0 amide bonds. The van der Waals surface area contributed by atoms with Gasteiger partial charge in [0.2, 0.25) is 0 Å². The van der Waals surface area contributed by atoms with Crippen LogP contribution in [0.25, 0.3) is 0 Å². The third-order valence-electron chi connectivity index (χ3n) is 0. The van der Waals surface area contributed by atoms with Crippen LogP contribution in [0.3, 0.4) is 0 Å². The van der Waals surface area contributed by atoms with Gasteiger partial charge in [-0.15, -0.1) is 0 Å². The number of hydrogen-bond donors (Lipinski definition) is 0. The summed E-state index contributed by atoms with van der Waals surface area (Å²) in [5.41, 5.74) is 0. The van der Waals surface area contributed by atoms with Gasteiger partial charge < -0.3 is 8.40 Å². The van der Waals surface area contributed by atoms with E-state index < -0.39 is 0 Å². The van der Waals surface area contributed by atoms with Gasteiger partial charge in [-0.1, -0.05) is 0 Å². The predicted molar refractivity (Wildman–Crippen MR) is 17.9 cm³/mol. The summed E-state index contributed by atoms with van der Waals surface area (Å²) in [6.45, 7) is 0. The first-order valence-corrected chi connectivity index (χ1v) is 1.60. The Bertz CT molecular complexity index is 7.61. The Labute approximate surface area is 61.1 Å². The van der Waals surface area contributed by atoms with Crippen LogP contribution in [-0.4, -0.2) is 0 Å². The number of halogens is 2. The molecule has 0 fully saturated rings. The van der Waals surface area contributed by atoms with E-state index in [1.54, 1.807) is 32.5 Å². The van der Waals surface area contributed by atoms with Crippen molar-refractivity contribution in [3.8, 4) is 0 Å². The molecule has 0 aromatic carbocycles. The van der Waals surface area contributed by atoms with Gasteiger partial charge in [0.25, 0.3) is 0 Å². The van der Waals surface area contributed by atoms with Gasteiger partial charge in [-0.2, -0.15) is 0 Å². The van der Waals surface area contributed by atoms with E-state index in [1.807, 2.05) is 0 Å². The fraction of sp³-hybridized carbons (Fsp3) is 0. The minimum atomic E-state index is 0. The maximum atomic E-state index is 8.06. The molecule has 0 bridgehead atoms. The standard InChI is InChI=1S/2BrO.Pd/c2*1-2;/q2*-1;+2. The third kappa shape index (κ3) is 29.2. The molecule has 0 aliphatic rings. The normalized spacial score (nSPS) is 2.40. The van der Waals surface area contributed by atoms with E-state index >= 15 is 0 Å². The molecular formula is Br2O2Pd. The fourth-order valence-electron chi connectivity index (χ4n) is 0. The molecule has 0 saturated carbocycles.